The second kappa shape index (κ2) is 7.36. The molecule has 4 nitrogen and oxygen atoms in total. The molecule has 0 aliphatic heterocycles. The molecule has 0 aliphatic rings. The van der Waals surface area contributed by atoms with Crippen molar-refractivity contribution in [3.63, 3.8) is 0 Å². The van der Waals surface area contributed by atoms with Crippen LogP contribution in [0.4, 0.5) is 0 Å². The molecule has 2 unspecified atom stereocenters. The van der Waals surface area contributed by atoms with Gasteiger partial charge in [-0.15, -0.1) is 0 Å². The molecule has 3 N–H and O–H groups in total. The molecule has 18 heavy (non-hydrogen) atoms. The Morgan fingerprint density at radius 1 is 1.28 bits per heavy atom. The highest BCUT2D eigenvalue weighted by molar-refractivity contribution is 5.29. The molecular formula is C14H24N2O2. The van der Waals surface area contributed by atoms with Gasteiger partial charge in [0.2, 0.25) is 0 Å². The number of benzene rings is 1. The van der Waals surface area contributed by atoms with Crippen molar-refractivity contribution in [1.82, 2.24) is 4.90 Å². The molecule has 0 heterocycles. The maximum absolute atomic E-state index is 10.1. The lowest BCUT2D eigenvalue weighted by Gasteiger charge is -2.21. The van der Waals surface area contributed by atoms with Crippen LogP contribution < -0.4 is 10.5 Å². The minimum absolute atomic E-state index is 0.245. The number of aliphatic hydroxyl groups is 1. The number of rotatable bonds is 7. The Morgan fingerprint density at radius 2 is 1.89 bits per heavy atom. The second-order valence-corrected chi connectivity index (χ2v) is 4.70. The minimum Gasteiger partial charge on any atom is -0.494 e. The predicted octanol–water partition coefficient (Wildman–Crippen LogP) is 1.40. The Balaban J connectivity index is 2.57. The number of nitrogens with two attached hydrogens (primary N) is 1. The van der Waals surface area contributed by atoms with Crippen LogP contribution in [0.25, 0.3) is 0 Å². The van der Waals surface area contributed by atoms with Crippen molar-refractivity contribution < 1.29 is 9.84 Å². The van der Waals surface area contributed by atoms with E-state index in [1.807, 2.05) is 45.3 Å². The van der Waals surface area contributed by atoms with Crippen LogP contribution >= 0.6 is 0 Å². The van der Waals surface area contributed by atoms with Crippen molar-refractivity contribution in [2.75, 3.05) is 27.2 Å². The number of hydrogen-bond acceptors (Lipinski definition) is 4. The number of aliphatic hydroxyl groups excluding tert-OH is 1. The lowest BCUT2D eigenvalue weighted by Crippen LogP contribution is -2.32. The van der Waals surface area contributed by atoms with Gasteiger partial charge < -0.3 is 20.5 Å². The second-order valence-electron chi connectivity index (χ2n) is 4.70. The van der Waals surface area contributed by atoms with Crippen molar-refractivity contribution in [2.45, 2.75) is 25.5 Å². The van der Waals surface area contributed by atoms with Crippen LogP contribution in [0, 0.1) is 0 Å². The number of hydrogen-bond donors (Lipinski definition) is 2. The van der Waals surface area contributed by atoms with Crippen LogP contribution in [0.2, 0.25) is 0 Å². The molecule has 2 atom stereocenters. The first-order valence-electron chi connectivity index (χ1n) is 6.35. The third-order valence-corrected chi connectivity index (χ3v) is 2.85. The fourth-order valence-corrected chi connectivity index (χ4v) is 1.74. The fourth-order valence-electron chi connectivity index (χ4n) is 1.74. The van der Waals surface area contributed by atoms with Crippen LogP contribution in [0.5, 0.6) is 5.75 Å². The predicted molar refractivity (Wildman–Crippen MR) is 73.7 cm³/mol. The van der Waals surface area contributed by atoms with E-state index in [0.717, 1.165) is 24.3 Å². The summed E-state index contributed by atoms with van der Waals surface area (Å²) in [5, 5.41) is 10.1. The first-order valence-corrected chi connectivity index (χ1v) is 6.35. The first kappa shape index (κ1) is 15.0. The normalized spacial score (nSPS) is 14.6. The van der Waals surface area contributed by atoms with Crippen molar-refractivity contribution >= 4 is 0 Å². The average molecular weight is 252 g/mol. The van der Waals surface area contributed by atoms with Crippen molar-refractivity contribution in [3.05, 3.63) is 29.8 Å². The van der Waals surface area contributed by atoms with E-state index in [0.29, 0.717) is 6.61 Å². The largest absolute Gasteiger partial charge is 0.494 e. The van der Waals surface area contributed by atoms with E-state index in [1.165, 1.54) is 0 Å². The van der Waals surface area contributed by atoms with Crippen molar-refractivity contribution in [2.24, 2.45) is 5.73 Å². The van der Waals surface area contributed by atoms with Crippen LogP contribution in [0.3, 0.4) is 0 Å². The molecule has 102 valence electrons. The smallest absolute Gasteiger partial charge is 0.119 e. The molecule has 1 aromatic rings. The molecule has 0 fully saturated rings. The van der Waals surface area contributed by atoms with Gasteiger partial charge in [0.25, 0.3) is 0 Å². The Kier molecular flexibility index (Phi) is 6.12. The summed E-state index contributed by atoms with van der Waals surface area (Å²) in [6.07, 6.45) is 0.141. The number of nitrogens with zero attached hydrogens (tertiary/aromatic N) is 1. The molecule has 0 saturated carbocycles. The summed E-state index contributed by atoms with van der Waals surface area (Å²) in [7, 11) is 3.99. The topological polar surface area (TPSA) is 58.7 Å². The summed E-state index contributed by atoms with van der Waals surface area (Å²) in [5.41, 5.74) is 6.82. The van der Waals surface area contributed by atoms with E-state index in [4.69, 9.17) is 10.5 Å². The molecule has 1 aromatic carbocycles. The minimum atomic E-state index is -0.624. The average Bonchev–Trinajstić information content (AvgIpc) is 2.36. The highest BCUT2D eigenvalue weighted by Gasteiger charge is 2.16. The fraction of sp³-hybridized carbons (Fsp3) is 0.571. The lowest BCUT2D eigenvalue weighted by molar-refractivity contribution is 0.137. The summed E-state index contributed by atoms with van der Waals surface area (Å²) in [5.74, 6) is 0.815. The number of ether oxygens (including phenoxy) is 1. The van der Waals surface area contributed by atoms with Gasteiger partial charge in [-0.3, -0.25) is 0 Å². The monoisotopic (exact) mass is 252 g/mol. The molecule has 0 bridgehead atoms. The van der Waals surface area contributed by atoms with E-state index >= 15 is 0 Å². The Bertz CT molecular complexity index is 338. The standard InChI is InChI=1S/C14H24N2O2/c1-4-18-12-7-5-11(6-8-12)14(17)13(15)9-10-16(2)3/h5-8,13-14,17H,4,9-10,15H2,1-3H3. The molecule has 0 spiro atoms. The van der Waals surface area contributed by atoms with Gasteiger partial charge in [0, 0.05) is 6.04 Å². The Labute approximate surface area is 109 Å². The molecule has 0 amide bonds. The molecule has 0 saturated heterocycles. The van der Waals surface area contributed by atoms with E-state index < -0.39 is 6.10 Å². The summed E-state index contributed by atoms with van der Waals surface area (Å²) in [6, 6.07) is 7.21. The van der Waals surface area contributed by atoms with E-state index in [9.17, 15) is 5.11 Å². The first-order chi connectivity index (χ1) is 8.54. The van der Waals surface area contributed by atoms with E-state index in [2.05, 4.69) is 4.90 Å². The Morgan fingerprint density at radius 3 is 2.39 bits per heavy atom. The summed E-state index contributed by atoms with van der Waals surface area (Å²) >= 11 is 0. The highest BCUT2D eigenvalue weighted by atomic mass is 16.5. The molecule has 1 rings (SSSR count). The third kappa shape index (κ3) is 4.64. The van der Waals surface area contributed by atoms with Gasteiger partial charge in [-0.25, -0.2) is 0 Å². The van der Waals surface area contributed by atoms with Gasteiger partial charge >= 0.3 is 0 Å². The quantitative estimate of drug-likeness (QED) is 0.770. The van der Waals surface area contributed by atoms with Gasteiger partial charge in [-0.05, 0) is 51.7 Å². The Hall–Kier alpha value is -1.10. The molecule has 0 aromatic heterocycles. The van der Waals surface area contributed by atoms with Crippen LogP contribution in [0.15, 0.2) is 24.3 Å². The molecule has 0 aliphatic carbocycles. The molecule has 0 radical (unpaired) electrons. The van der Waals surface area contributed by atoms with Crippen LogP contribution in [-0.4, -0.2) is 43.3 Å². The maximum Gasteiger partial charge on any atom is 0.119 e. The van der Waals surface area contributed by atoms with Gasteiger partial charge in [0.05, 0.1) is 12.7 Å². The summed E-state index contributed by atoms with van der Waals surface area (Å²) in [4.78, 5) is 2.06. The zero-order valence-electron chi connectivity index (χ0n) is 11.5. The van der Waals surface area contributed by atoms with Crippen molar-refractivity contribution in [3.8, 4) is 5.75 Å². The van der Waals surface area contributed by atoms with Crippen molar-refractivity contribution in [1.29, 1.82) is 0 Å². The molecule has 4 heteroatoms. The summed E-state index contributed by atoms with van der Waals surface area (Å²) < 4.78 is 5.36. The third-order valence-electron chi connectivity index (χ3n) is 2.85. The van der Waals surface area contributed by atoms with Crippen LogP contribution in [-0.2, 0) is 0 Å². The highest BCUT2D eigenvalue weighted by Crippen LogP contribution is 2.20. The zero-order chi connectivity index (χ0) is 13.5. The van der Waals surface area contributed by atoms with Gasteiger partial charge in [-0.1, -0.05) is 12.1 Å². The summed E-state index contributed by atoms with van der Waals surface area (Å²) in [6.45, 7) is 3.46. The molecular weight excluding hydrogens is 228 g/mol. The van der Waals surface area contributed by atoms with Gasteiger partial charge in [-0.2, -0.15) is 0 Å². The van der Waals surface area contributed by atoms with E-state index in [1.54, 1.807) is 0 Å². The van der Waals surface area contributed by atoms with Gasteiger partial charge in [0.15, 0.2) is 0 Å². The van der Waals surface area contributed by atoms with E-state index in [-0.39, 0.29) is 6.04 Å². The maximum atomic E-state index is 10.1. The van der Waals surface area contributed by atoms with Crippen LogP contribution in [0.1, 0.15) is 25.0 Å². The SMILES string of the molecule is CCOc1ccc(C(O)C(N)CCN(C)C)cc1. The lowest BCUT2D eigenvalue weighted by atomic mass is 10.0. The zero-order valence-corrected chi connectivity index (χ0v) is 11.5. The van der Waals surface area contributed by atoms with Gasteiger partial charge in [0.1, 0.15) is 5.75 Å².